The molecule has 0 aliphatic carbocycles. The molecule has 1 aromatic rings. The molecule has 0 amide bonds. The maximum atomic E-state index is 7.08. The van der Waals surface area contributed by atoms with Gasteiger partial charge in [-0.2, -0.15) is 0 Å². The minimum absolute atomic E-state index is 0.0795. The summed E-state index contributed by atoms with van der Waals surface area (Å²) in [6.07, 6.45) is 0. The summed E-state index contributed by atoms with van der Waals surface area (Å²) in [5.41, 5.74) is 5.95. The van der Waals surface area contributed by atoms with Gasteiger partial charge in [-0.15, -0.1) is 12.6 Å². The highest BCUT2D eigenvalue weighted by molar-refractivity contribution is 7.80. The normalized spacial score (nSPS) is 8.25. The first kappa shape index (κ1) is 11.0. The molecule has 0 fully saturated rings. The Balaban J connectivity index is 0.000000561. The van der Waals surface area contributed by atoms with Crippen molar-refractivity contribution in [3.63, 3.8) is 0 Å². The van der Waals surface area contributed by atoms with Crippen LogP contribution in [-0.4, -0.2) is 5.84 Å². The lowest BCUT2D eigenvalue weighted by Gasteiger charge is -1.96. The Bertz CT molecular complexity index is 258. The Morgan fingerprint density at radius 1 is 1.42 bits per heavy atom. The Hall–Kier alpha value is -0.960. The number of nitrogens with two attached hydrogens (primary N) is 1. The summed E-state index contributed by atoms with van der Waals surface area (Å²) in [5, 5.41) is 7.08. The van der Waals surface area contributed by atoms with Crippen LogP contribution < -0.4 is 5.73 Å². The molecule has 2 nitrogen and oxygen atoms in total. The summed E-state index contributed by atoms with van der Waals surface area (Å²) in [6, 6.07) is 7.20. The molecule has 1 aromatic carbocycles. The molecule has 0 aromatic heterocycles. The molecule has 0 aliphatic rings. The van der Waals surface area contributed by atoms with E-state index in [-0.39, 0.29) is 5.84 Å². The highest BCUT2D eigenvalue weighted by Crippen LogP contribution is 2.07. The summed E-state index contributed by atoms with van der Waals surface area (Å²) in [5.74, 6) is 0.0795. The molecule has 0 radical (unpaired) electrons. The molecule has 0 atom stereocenters. The van der Waals surface area contributed by atoms with Crippen molar-refractivity contribution in [3.05, 3.63) is 29.8 Å². The first-order valence-electron chi connectivity index (χ1n) is 3.83. The van der Waals surface area contributed by atoms with Gasteiger partial charge >= 0.3 is 0 Å². The summed E-state index contributed by atoms with van der Waals surface area (Å²) >= 11 is 4.10. The lowest BCUT2D eigenvalue weighted by atomic mass is 10.2. The summed E-state index contributed by atoms with van der Waals surface area (Å²) in [6.45, 7) is 4.00. The number of amidine groups is 1. The van der Waals surface area contributed by atoms with E-state index in [0.29, 0.717) is 5.56 Å². The van der Waals surface area contributed by atoms with Gasteiger partial charge in [0, 0.05) is 10.5 Å². The Labute approximate surface area is 78.7 Å². The second kappa shape index (κ2) is 5.66. The Morgan fingerprint density at radius 3 is 2.33 bits per heavy atom. The average Bonchev–Trinajstić information content (AvgIpc) is 2.08. The first-order valence-corrected chi connectivity index (χ1v) is 4.28. The van der Waals surface area contributed by atoms with Gasteiger partial charge in [0.15, 0.2) is 0 Å². The molecule has 0 saturated carbocycles. The SMILES string of the molecule is CC.N=C(N)c1cccc(S)c1. The van der Waals surface area contributed by atoms with Gasteiger partial charge in [0.05, 0.1) is 0 Å². The van der Waals surface area contributed by atoms with Crippen molar-refractivity contribution in [2.75, 3.05) is 0 Å². The first-order chi connectivity index (χ1) is 5.70. The lowest BCUT2D eigenvalue weighted by molar-refractivity contribution is 1.38. The number of hydrogen-bond donors (Lipinski definition) is 3. The number of benzene rings is 1. The fourth-order valence-electron chi connectivity index (χ4n) is 0.673. The fourth-order valence-corrected chi connectivity index (χ4v) is 0.899. The molecule has 0 unspecified atom stereocenters. The van der Waals surface area contributed by atoms with Gasteiger partial charge < -0.3 is 5.73 Å². The molecule has 66 valence electrons. The molecular formula is C9H14N2S. The lowest BCUT2D eigenvalue weighted by Crippen LogP contribution is -2.10. The molecule has 3 heteroatoms. The highest BCUT2D eigenvalue weighted by atomic mass is 32.1. The van der Waals surface area contributed by atoms with Gasteiger partial charge in [-0.05, 0) is 12.1 Å². The molecule has 0 bridgehead atoms. The quantitative estimate of drug-likeness (QED) is 0.348. The number of hydrogen-bond acceptors (Lipinski definition) is 2. The van der Waals surface area contributed by atoms with Crippen molar-refractivity contribution in [3.8, 4) is 0 Å². The summed E-state index contributed by atoms with van der Waals surface area (Å²) in [4.78, 5) is 0.827. The van der Waals surface area contributed by atoms with Crippen LogP contribution in [0.4, 0.5) is 0 Å². The number of nitrogens with one attached hydrogen (secondary N) is 1. The van der Waals surface area contributed by atoms with Crippen LogP contribution in [0, 0.1) is 5.41 Å². The number of nitrogen functional groups attached to an aromatic ring is 1. The molecule has 0 saturated heterocycles. The van der Waals surface area contributed by atoms with E-state index in [1.807, 2.05) is 26.0 Å². The van der Waals surface area contributed by atoms with E-state index < -0.39 is 0 Å². The van der Waals surface area contributed by atoms with E-state index in [1.165, 1.54) is 0 Å². The van der Waals surface area contributed by atoms with E-state index in [9.17, 15) is 0 Å². The van der Waals surface area contributed by atoms with Crippen molar-refractivity contribution >= 4 is 18.5 Å². The van der Waals surface area contributed by atoms with Crippen LogP contribution in [-0.2, 0) is 0 Å². The molecule has 0 aliphatic heterocycles. The maximum Gasteiger partial charge on any atom is 0.122 e. The van der Waals surface area contributed by atoms with Crippen LogP contribution in [0.2, 0.25) is 0 Å². The van der Waals surface area contributed by atoms with Gasteiger partial charge in [-0.1, -0.05) is 26.0 Å². The second-order valence-electron chi connectivity index (χ2n) is 1.96. The topological polar surface area (TPSA) is 49.9 Å². The van der Waals surface area contributed by atoms with E-state index in [1.54, 1.807) is 12.1 Å². The van der Waals surface area contributed by atoms with E-state index in [0.717, 1.165) is 4.90 Å². The van der Waals surface area contributed by atoms with Gasteiger partial charge in [-0.25, -0.2) is 0 Å². The Morgan fingerprint density at radius 2 is 2.00 bits per heavy atom. The zero-order chi connectivity index (χ0) is 9.56. The Kier molecular flexibility index (Phi) is 5.21. The third kappa shape index (κ3) is 3.44. The molecule has 1 rings (SSSR count). The van der Waals surface area contributed by atoms with Gasteiger partial charge in [0.25, 0.3) is 0 Å². The van der Waals surface area contributed by atoms with Crippen LogP contribution in [0.1, 0.15) is 19.4 Å². The molecule has 12 heavy (non-hydrogen) atoms. The predicted octanol–water partition coefficient (Wildman–Crippen LogP) is 2.29. The summed E-state index contributed by atoms with van der Waals surface area (Å²) < 4.78 is 0. The molecule has 0 heterocycles. The maximum absolute atomic E-state index is 7.08. The van der Waals surface area contributed by atoms with Crippen LogP contribution in [0.5, 0.6) is 0 Å². The third-order valence-electron chi connectivity index (χ3n) is 1.16. The van der Waals surface area contributed by atoms with Crippen LogP contribution in [0.3, 0.4) is 0 Å². The van der Waals surface area contributed by atoms with Crippen molar-refractivity contribution < 1.29 is 0 Å². The third-order valence-corrected chi connectivity index (χ3v) is 1.44. The largest absolute Gasteiger partial charge is 0.384 e. The minimum atomic E-state index is 0.0795. The minimum Gasteiger partial charge on any atom is -0.384 e. The fraction of sp³-hybridized carbons (Fsp3) is 0.222. The smallest absolute Gasteiger partial charge is 0.122 e. The van der Waals surface area contributed by atoms with Crippen LogP contribution in [0.25, 0.3) is 0 Å². The van der Waals surface area contributed by atoms with E-state index in [4.69, 9.17) is 11.1 Å². The zero-order valence-corrected chi connectivity index (χ0v) is 8.23. The van der Waals surface area contributed by atoms with Crippen LogP contribution in [0.15, 0.2) is 29.2 Å². The van der Waals surface area contributed by atoms with Gasteiger partial charge in [-0.3, -0.25) is 5.41 Å². The van der Waals surface area contributed by atoms with Crippen molar-refractivity contribution in [1.29, 1.82) is 5.41 Å². The van der Waals surface area contributed by atoms with E-state index in [2.05, 4.69) is 12.6 Å². The van der Waals surface area contributed by atoms with Crippen molar-refractivity contribution in [1.82, 2.24) is 0 Å². The van der Waals surface area contributed by atoms with Crippen LogP contribution >= 0.6 is 12.6 Å². The van der Waals surface area contributed by atoms with Crippen molar-refractivity contribution in [2.45, 2.75) is 18.7 Å². The monoisotopic (exact) mass is 182 g/mol. The average molecular weight is 182 g/mol. The zero-order valence-electron chi connectivity index (χ0n) is 7.33. The van der Waals surface area contributed by atoms with Crippen molar-refractivity contribution in [2.24, 2.45) is 5.73 Å². The standard InChI is InChI=1S/C7H8N2S.C2H6/c8-7(9)5-2-1-3-6(10)4-5;1-2/h1-4,10H,(H3,8,9);1-2H3. The van der Waals surface area contributed by atoms with E-state index >= 15 is 0 Å². The van der Waals surface area contributed by atoms with Gasteiger partial charge in [0.1, 0.15) is 5.84 Å². The molecule has 3 N–H and O–H groups in total. The highest BCUT2D eigenvalue weighted by Gasteiger charge is 1.93. The second-order valence-corrected chi connectivity index (χ2v) is 2.48. The molecule has 0 spiro atoms. The number of thiol groups is 1. The summed E-state index contributed by atoms with van der Waals surface area (Å²) in [7, 11) is 0. The number of rotatable bonds is 1. The van der Waals surface area contributed by atoms with Gasteiger partial charge in [0.2, 0.25) is 0 Å². The predicted molar refractivity (Wildman–Crippen MR) is 56.1 cm³/mol. The molecular weight excluding hydrogens is 168 g/mol.